The summed E-state index contributed by atoms with van der Waals surface area (Å²) in [6.07, 6.45) is 4.12. The first-order chi connectivity index (χ1) is 18.4. The third-order valence-corrected chi connectivity index (χ3v) is 8.00. The van der Waals surface area contributed by atoms with Gasteiger partial charge in [-0.15, -0.1) is 10.2 Å². The van der Waals surface area contributed by atoms with Crippen LogP contribution in [0.25, 0.3) is 17.1 Å². The van der Waals surface area contributed by atoms with Crippen molar-refractivity contribution in [1.82, 2.24) is 20.1 Å². The zero-order chi connectivity index (χ0) is 26.9. The SMILES string of the molecule is Cc1ccc(-c2nnc(SCCCCC(=O)NC(C)CCc3ccccc3)n2-c2ccc(Cl)c(Cl)c2)cc1. The van der Waals surface area contributed by atoms with Crippen molar-refractivity contribution < 1.29 is 4.79 Å². The molecule has 38 heavy (non-hydrogen) atoms. The maximum Gasteiger partial charge on any atom is 0.220 e. The first-order valence-electron chi connectivity index (χ1n) is 12.8. The van der Waals surface area contributed by atoms with Gasteiger partial charge in [-0.05, 0) is 63.3 Å². The van der Waals surface area contributed by atoms with E-state index in [0.717, 1.165) is 53.7 Å². The lowest BCUT2D eigenvalue weighted by Gasteiger charge is -2.14. The van der Waals surface area contributed by atoms with Crippen LogP contribution in [0.2, 0.25) is 10.0 Å². The first kappa shape index (κ1) is 28.2. The van der Waals surface area contributed by atoms with E-state index in [0.29, 0.717) is 16.5 Å². The van der Waals surface area contributed by atoms with Crippen LogP contribution in [0.3, 0.4) is 0 Å². The highest BCUT2D eigenvalue weighted by atomic mass is 35.5. The Morgan fingerprint density at radius 1 is 0.974 bits per heavy atom. The van der Waals surface area contributed by atoms with Gasteiger partial charge in [-0.2, -0.15) is 0 Å². The molecule has 0 saturated carbocycles. The molecule has 4 aromatic rings. The van der Waals surface area contributed by atoms with Gasteiger partial charge in [-0.3, -0.25) is 9.36 Å². The van der Waals surface area contributed by atoms with Crippen molar-refractivity contribution in [2.24, 2.45) is 0 Å². The molecular formula is C30H32Cl2N4OS. The van der Waals surface area contributed by atoms with Crippen molar-refractivity contribution in [2.75, 3.05) is 5.75 Å². The average molecular weight is 568 g/mol. The van der Waals surface area contributed by atoms with Crippen molar-refractivity contribution in [2.45, 2.75) is 57.1 Å². The molecule has 0 saturated heterocycles. The topological polar surface area (TPSA) is 59.8 Å². The van der Waals surface area contributed by atoms with Gasteiger partial charge in [0, 0.05) is 23.8 Å². The number of aromatic nitrogens is 3. The van der Waals surface area contributed by atoms with Gasteiger partial charge in [-0.25, -0.2) is 0 Å². The zero-order valence-electron chi connectivity index (χ0n) is 21.7. The Labute approximate surface area is 239 Å². The van der Waals surface area contributed by atoms with Gasteiger partial charge in [0.15, 0.2) is 11.0 Å². The quantitative estimate of drug-likeness (QED) is 0.139. The molecule has 0 bridgehead atoms. The molecule has 1 heterocycles. The smallest absolute Gasteiger partial charge is 0.220 e. The Morgan fingerprint density at radius 2 is 1.74 bits per heavy atom. The van der Waals surface area contributed by atoms with Crippen LogP contribution in [-0.2, 0) is 11.2 Å². The van der Waals surface area contributed by atoms with Crippen LogP contribution in [-0.4, -0.2) is 32.5 Å². The molecule has 198 valence electrons. The lowest BCUT2D eigenvalue weighted by molar-refractivity contribution is -0.121. The van der Waals surface area contributed by atoms with Crippen LogP contribution >= 0.6 is 35.0 Å². The van der Waals surface area contributed by atoms with E-state index in [2.05, 4.69) is 53.6 Å². The van der Waals surface area contributed by atoms with Crippen molar-refractivity contribution in [3.05, 3.63) is 94.0 Å². The molecule has 1 N–H and O–H groups in total. The van der Waals surface area contributed by atoms with E-state index in [4.69, 9.17) is 23.2 Å². The molecule has 8 heteroatoms. The molecule has 0 spiro atoms. The van der Waals surface area contributed by atoms with E-state index >= 15 is 0 Å². The number of hydrogen-bond acceptors (Lipinski definition) is 4. The van der Waals surface area contributed by atoms with Gasteiger partial charge < -0.3 is 5.32 Å². The second kappa shape index (κ2) is 13.8. The number of hydrogen-bond donors (Lipinski definition) is 1. The predicted molar refractivity (Wildman–Crippen MR) is 158 cm³/mol. The summed E-state index contributed by atoms with van der Waals surface area (Å²) in [4.78, 5) is 12.4. The standard InChI is InChI=1S/C30H32Cl2N4OS/c1-21-11-15-24(16-12-21)29-34-35-30(36(29)25-17-18-26(31)27(32)20-25)38-19-7-6-10-28(37)33-22(2)13-14-23-8-4-3-5-9-23/h3-5,8-9,11-12,15-18,20,22H,6-7,10,13-14,19H2,1-2H3,(H,33,37). The highest BCUT2D eigenvalue weighted by Gasteiger charge is 2.17. The molecule has 1 amide bonds. The fraction of sp³-hybridized carbons (Fsp3) is 0.300. The van der Waals surface area contributed by atoms with Crippen molar-refractivity contribution >= 4 is 40.9 Å². The number of nitrogens with zero attached hydrogens (tertiary/aromatic N) is 3. The lowest BCUT2D eigenvalue weighted by Crippen LogP contribution is -2.32. The molecule has 0 aliphatic rings. The molecule has 0 aliphatic heterocycles. The number of carbonyl (C=O) groups excluding carboxylic acids is 1. The highest BCUT2D eigenvalue weighted by molar-refractivity contribution is 7.99. The monoisotopic (exact) mass is 566 g/mol. The Hall–Kier alpha value is -2.80. The van der Waals surface area contributed by atoms with Crippen LogP contribution in [0.5, 0.6) is 0 Å². The summed E-state index contributed by atoms with van der Waals surface area (Å²) in [5, 5.41) is 13.9. The fourth-order valence-corrected chi connectivity index (χ4v) is 5.35. The molecule has 1 aromatic heterocycles. The Kier molecular flexibility index (Phi) is 10.3. The summed E-state index contributed by atoms with van der Waals surface area (Å²) in [7, 11) is 0. The third-order valence-electron chi connectivity index (χ3n) is 6.25. The van der Waals surface area contributed by atoms with E-state index in [1.807, 2.05) is 47.0 Å². The number of rotatable bonds is 12. The van der Waals surface area contributed by atoms with Gasteiger partial charge in [0.2, 0.25) is 5.91 Å². The minimum Gasteiger partial charge on any atom is -0.354 e. The zero-order valence-corrected chi connectivity index (χ0v) is 24.0. The average Bonchev–Trinajstić information content (AvgIpc) is 3.33. The second-order valence-corrected chi connectivity index (χ2v) is 11.3. The number of amides is 1. The van der Waals surface area contributed by atoms with Crippen LogP contribution in [0.1, 0.15) is 43.7 Å². The van der Waals surface area contributed by atoms with Crippen LogP contribution in [0.15, 0.2) is 78.0 Å². The van der Waals surface area contributed by atoms with E-state index in [1.165, 1.54) is 11.1 Å². The van der Waals surface area contributed by atoms with Gasteiger partial charge in [0.1, 0.15) is 0 Å². The Morgan fingerprint density at radius 3 is 2.47 bits per heavy atom. The molecule has 1 atom stereocenters. The van der Waals surface area contributed by atoms with Crippen molar-refractivity contribution in [3.8, 4) is 17.1 Å². The predicted octanol–water partition coefficient (Wildman–Crippen LogP) is 7.95. The molecular weight excluding hydrogens is 535 g/mol. The molecule has 3 aromatic carbocycles. The lowest BCUT2D eigenvalue weighted by atomic mass is 10.1. The normalized spacial score (nSPS) is 11.9. The largest absolute Gasteiger partial charge is 0.354 e. The third kappa shape index (κ3) is 7.85. The van der Waals surface area contributed by atoms with Gasteiger partial charge >= 0.3 is 0 Å². The minimum absolute atomic E-state index is 0.108. The first-order valence-corrected chi connectivity index (χ1v) is 14.6. The molecule has 0 radical (unpaired) electrons. The molecule has 0 aliphatic carbocycles. The van der Waals surface area contributed by atoms with E-state index in [1.54, 1.807) is 17.8 Å². The van der Waals surface area contributed by atoms with Crippen LogP contribution in [0.4, 0.5) is 0 Å². The fourth-order valence-electron chi connectivity index (χ4n) is 4.11. The number of aryl methyl sites for hydroxylation is 2. The van der Waals surface area contributed by atoms with Gasteiger partial charge in [-0.1, -0.05) is 95.1 Å². The summed E-state index contributed by atoms with van der Waals surface area (Å²) >= 11 is 14.1. The minimum atomic E-state index is 0.108. The van der Waals surface area contributed by atoms with Crippen molar-refractivity contribution in [1.29, 1.82) is 0 Å². The van der Waals surface area contributed by atoms with Gasteiger partial charge in [0.25, 0.3) is 0 Å². The summed E-state index contributed by atoms with van der Waals surface area (Å²) < 4.78 is 2.01. The number of thioether (sulfide) groups is 1. The Bertz CT molecular complexity index is 1340. The number of nitrogens with one attached hydrogen (secondary N) is 1. The Balaban J connectivity index is 1.31. The molecule has 4 rings (SSSR count). The van der Waals surface area contributed by atoms with Crippen LogP contribution < -0.4 is 5.32 Å². The molecule has 0 fully saturated rings. The number of carbonyl (C=O) groups is 1. The molecule has 5 nitrogen and oxygen atoms in total. The number of halogens is 2. The van der Waals surface area contributed by atoms with Crippen LogP contribution in [0, 0.1) is 6.92 Å². The maximum absolute atomic E-state index is 12.4. The number of unbranched alkanes of at least 4 members (excludes halogenated alkanes) is 1. The maximum atomic E-state index is 12.4. The summed E-state index contributed by atoms with van der Waals surface area (Å²) in [5.41, 5.74) is 4.30. The van der Waals surface area contributed by atoms with Gasteiger partial charge in [0.05, 0.1) is 15.7 Å². The summed E-state index contributed by atoms with van der Waals surface area (Å²) in [5.74, 6) is 1.68. The van der Waals surface area contributed by atoms with E-state index < -0.39 is 0 Å². The number of benzene rings is 3. The highest BCUT2D eigenvalue weighted by Crippen LogP contribution is 2.32. The summed E-state index contributed by atoms with van der Waals surface area (Å²) in [6.45, 7) is 4.12. The van der Waals surface area contributed by atoms with Crippen molar-refractivity contribution in [3.63, 3.8) is 0 Å². The van der Waals surface area contributed by atoms with E-state index in [-0.39, 0.29) is 11.9 Å². The second-order valence-electron chi connectivity index (χ2n) is 9.40. The molecule has 1 unspecified atom stereocenters. The summed E-state index contributed by atoms with van der Waals surface area (Å²) in [6, 6.07) is 24.3. The van der Waals surface area contributed by atoms with E-state index in [9.17, 15) is 4.79 Å².